The highest BCUT2D eigenvalue weighted by atomic mass is 35.5. The van der Waals surface area contributed by atoms with Gasteiger partial charge >= 0.3 is 0 Å². The molecule has 4 aromatic rings. The molecule has 8 nitrogen and oxygen atoms in total. The SMILES string of the molecule is O=[N+]([O-])c1ccc(S(=O)(=O)Nc2ccc3oc(-c4ccc(Cl)cc4)nc3c2)cc1. The van der Waals surface area contributed by atoms with Crippen LogP contribution < -0.4 is 4.72 Å². The minimum absolute atomic E-state index is 0.0924. The third-order valence-corrected chi connectivity index (χ3v) is 5.74. The van der Waals surface area contributed by atoms with E-state index in [2.05, 4.69) is 9.71 Å². The van der Waals surface area contributed by atoms with Crippen LogP contribution >= 0.6 is 11.6 Å². The molecule has 0 unspecified atom stereocenters. The minimum atomic E-state index is -3.92. The lowest BCUT2D eigenvalue weighted by molar-refractivity contribution is -0.384. The van der Waals surface area contributed by atoms with Crippen molar-refractivity contribution in [1.29, 1.82) is 0 Å². The Morgan fingerprint density at radius 3 is 2.34 bits per heavy atom. The normalized spacial score (nSPS) is 11.5. The van der Waals surface area contributed by atoms with E-state index in [-0.39, 0.29) is 16.3 Å². The van der Waals surface area contributed by atoms with Crippen LogP contribution in [0.2, 0.25) is 5.02 Å². The number of sulfonamides is 1. The predicted octanol–water partition coefficient (Wildman–Crippen LogP) is 4.86. The van der Waals surface area contributed by atoms with Gasteiger partial charge in [-0.15, -0.1) is 0 Å². The Kier molecular flexibility index (Phi) is 4.69. The molecular formula is C19H12ClN3O5S. The molecule has 29 heavy (non-hydrogen) atoms. The Balaban J connectivity index is 1.62. The Morgan fingerprint density at radius 1 is 1.00 bits per heavy atom. The van der Waals surface area contributed by atoms with Gasteiger partial charge in [0, 0.05) is 22.7 Å². The topological polar surface area (TPSA) is 115 Å². The van der Waals surface area contributed by atoms with Crippen molar-refractivity contribution in [2.45, 2.75) is 4.90 Å². The van der Waals surface area contributed by atoms with E-state index in [1.54, 1.807) is 42.5 Å². The average molecular weight is 430 g/mol. The second-order valence-electron chi connectivity index (χ2n) is 6.06. The molecule has 146 valence electrons. The maximum absolute atomic E-state index is 12.5. The van der Waals surface area contributed by atoms with Gasteiger partial charge in [0.1, 0.15) is 5.52 Å². The van der Waals surface area contributed by atoms with E-state index in [1.165, 1.54) is 12.1 Å². The van der Waals surface area contributed by atoms with Crippen LogP contribution in [0.3, 0.4) is 0 Å². The lowest BCUT2D eigenvalue weighted by atomic mass is 10.2. The van der Waals surface area contributed by atoms with Crippen LogP contribution in [-0.4, -0.2) is 18.3 Å². The van der Waals surface area contributed by atoms with E-state index in [4.69, 9.17) is 16.0 Å². The number of benzene rings is 3. The van der Waals surface area contributed by atoms with Gasteiger partial charge in [0.25, 0.3) is 15.7 Å². The number of anilines is 1. The molecular weight excluding hydrogens is 418 g/mol. The Labute approximate surface area is 170 Å². The molecule has 1 aromatic heterocycles. The summed E-state index contributed by atoms with van der Waals surface area (Å²) in [7, 11) is -3.92. The molecule has 0 aliphatic rings. The van der Waals surface area contributed by atoms with Crippen molar-refractivity contribution in [3.63, 3.8) is 0 Å². The standard InChI is InChI=1S/C19H12ClN3O5S/c20-13-3-1-12(2-4-13)19-21-17-11-14(5-10-18(17)28-19)22-29(26,27)16-8-6-15(7-9-16)23(24)25/h1-11,22H. The summed E-state index contributed by atoms with van der Waals surface area (Å²) in [6.45, 7) is 0. The Bertz CT molecular complexity index is 1320. The van der Waals surface area contributed by atoms with Gasteiger partial charge in [-0.3, -0.25) is 14.8 Å². The minimum Gasteiger partial charge on any atom is -0.436 e. The van der Waals surface area contributed by atoms with Crippen molar-refractivity contribution >= 4 is 44.1 Å². The first kappa shape index (κ1) is 18.9. The average Bonchev–Trinajstić information content (AvgIpc) is 3.11. The predicted molar refractivity (Wildman–Crippen MR) is 108 cm³/mol. The Hall–Kier alpha value is -3.43. The molecule has 10 heteroatoms. The van der Waals surface area contributed by atoms with Crippen molar-refractivity contribution in [2.24, 2.45) is 0 Å². The van der Waals surface area contributed by atoms with Crippen LogP contribution in [0.4, 0.5) is 11.4 Å². The molecule has 0 radical (unpaired) electrons. The van der Waals surface area contributed by atoms with E-state index < -0.39 is 14.9 Å². The van der Waals surface area contributed by atoms with Gasteiger partial charge in [-0.2, -0.15) is 0 Å². The van der Waals surface area contributed by atoms with E-state index in [0.29, 0.717) is 22.0 Å². The molecule has 1 N–H and O–H groups in total. The number of halogens is 1. The quantitative estimate of drug-likeness (QED) is 0.358. The highest BCUT2D eigenvalue weighted by Crippen LogP contribution is 2.28. The Morgan fingerprint density at radius 2 is 1.69 bits per heavy atom. The van der Waals surface area contributed by atoms with Gasteiger partial charge in [-0.25, -0.2) is 13.4 Å². The van der Waals surface area contributed by atoms with Crippen LogP contribution in [0.25, 0.3) is 22.6 Å². The first-order chi connectivity index (χ1) is 13.8. The lowest BCUT2D eigenvalue weighted by Crippen LogP contribution is -2.12. The monoisotopic (exact) mass is 429 g/mol. The molecule has 0 atom stereocenters. The van der Waals surface area contributed by atoms with E-state index >= 15 is 0 Å². The lowest BCUT2D eigenvalue weighted by Gasteiger charge is -2.07. The fourth-order valence-electron chi connectivity index (χ4n) is 2.67. The van der Waals surface area contributed by atoms with E-state index in [1.807, 2.05) is 0 Å². The number of non-ortho nitro benzene ring substituents is 1. The van der Waals surface area contributed by atoms with Gasteiger partial charge in [0.15, 0.2) is 5.58 Å². The summed E-state index contributed by atoms with van der Waals surface area (Å²) in [5.74, 6) is 0.382. The molecule has 3 aromatic carbocycles. The summed E-state index contributed by atoms with van der Waals surface area (Å²) < 4.78 is 33.2. The van der Waals surface area contributed by atoms with Crippen molar-refractivity contribution in [1.82, 2.24) is 4.98 Å². The van der Waals surface area contributed by atoms with Gasteiger partial charge in [-0.05, 0) is 54.6 Å². The highest BCUT2D eigenvalue weighted by molar-refractivity contribution is 7.92. The van der Waals surface area contributed by atoms with Crippen LogP contribution in [-0.2, 0) is 10.0 Å². The molecule has 0 fully saturated rings. The summed E-state index contributed by atoms with van der Waals surface area (Å²) in [5, 5.41) is 11.3. The van der Waals surface area contributed by atoms with Crippen molar-refractivity contribution in [3.8, 4) is 11.5 Å². The smallest absolute Gasteiger partial charge is 0.269 e. The van der Waals surface area contributed by atoms with Crippen LogP contribution in [0.1, 0.15) is 0 Å². The van der Waals surface area contributed by atoms with Gasteiger partial charge in [-0.1, -0.05) is 11.6 Å². The van der Waals surface area contributed by atoms with Gasteiger partial charge in [0.05, 0.1) is 15.5 Å². The van der Waals surface area contributed by atoms with Crippen LogP contribution in [0.15, 0.2) is 76.0 Å². The number of hydrogen-bond acceptors (Lipinski definition) is 6. The molecule has 0 saturated carbocycles. The van der Waals surface area contributed by atoms with E-state index in [0.717, 1.165) is 17.7 Å². The summed E-state index contributed by atoms with van der Waals surface area (Å²) >= 11 is 5.89. The molecule has 4 rings (SSSR count). The van der Waals surface area contributed by atoms with Crippen LogP contribution in [0.5, 0.6) is 0 Å². The van der Waals surface area contributed by atoms with E-state index in [9.17, 15) is 18.5 Å². The third-order valence-electron chi connectivity index (χ3n) is 4.09. The molecule has 0 aliphatic carbocycles. The number of nitro benzene ring substituents is 1. The molecule has 0 amide bonds. The molecule has 0 aliphatic heterocycles. The number of aromatic nitrogens is 1. The second-order valence-corrected chi connectivity index (χ2v) is 8.18. The highest BCUT2D eigenvalue weighted by Gasteiger charge is 2.17. The van der Waals surface area contributed by atoms with Crippen molar-refractivity contribution in [3.05, 3.63) is 81.9 Å². The van der Waals surface area contributed by atoms with Gasteiger partial charge in [0.2, 0.25) is 5.89 Å². The number of nitrogens with zero attached hydrogens (tertiary/aromatic N) is 2. The summed E-state index contributed by atoms with van der Waals surface area (Å²) in [6, 6.07) is 16.3. The number of hydrogen-bond donors (Lipinski definition) is 1. The third kappa shape index (κ3) is 3.91. The molecule has 0 bridgehead atoms. The maximum Gasteiger partial charge on any atom is 0.269 e. The van der Waals surface area contributed by atoms with Crippen molar-refractivity contribution < 1.29 is 17.8 Å². The summed E-state index contributed by atoms with van der Waals surface area (Å²) in [4.78, 5) is 14.4. The zero-order valence-corrected chi connectivity index (χ0v) is 16.1. The number of nitro groups is 1. The largest absolute Gasteiger partial charge is 0.436 e. The summed E-state index contributed by atoms with van der Waals surface area (Å²) in [5.41, 5.74) is 1.79. The first-order valence-corrected chi connectivity index (χ1v) is 10.1. The molecule has 1 heterocycles. The summed E-state index contributed by atoms with van der Waals surface area (Å²) in [6.07, 6.45) is 0. The number of rotatable bonds is 5. The zero-order valence-electron chi connectivity index (χ0n) is 14.6. The van der Waals surface area contributed by atoms with Gasteiger partial charge < -0.3 is 4.42 Å². The fraction of sp³-hybridized carbons (Fsp3) is 0. The maximum atomic E-state index is 12.5. The fourth-order valence-corrected chi connectivity index (χ4v) is 3.84. The number of nitrogens with one attached hydrogen (secondary N) is 1. The first-order valence-electron chi connectivity index (χ1n) is 8.26. The van der Waals surface area contributed by atoms with Crippen LogP contribution in [0, 0.1) is 10.1 Å². The molecule has 0 saturated heterocycles. The number of fused-ring (bicyclic) bond motifs is 1. The second kappa shape index (κ2) is 7.19. The molecule has 0 spiro atoms. The number of oxazole rings is 1. The van der Waals surface area contributed by atoms with Crippen molar-refractivity contribution in [2.75, 3.05) is 4.72 Å². The zero-order chi connectivity index (χ0) is 20.6.